The van der Waals surface area contributed by atoms with E-state index in [1.165, 1.54) is 18.2 Å². The van der Waals surface area contributed by atoms with Crippen molar-refractivity contribution in [3.8, 4) is 0 Å². The van der Waals surface area contributed by atoms with Crippen molar-refractivity contribution in [1.29, 1.82) is 0 Å². The number of non-ortho nitro benzene ring substituents is 1. The maximum Gasteiger partial charge on any atom is 1.00 e. The van der Waals surface area contributed by atoms with Gasteiger partial charge in [-0.2, -0.15) is 0 Å². The van der Waals surface area contributed by atoms with Crippen LogP contribution in [0.2, 0.25) is 0 Å². The van der Waals surface area contributed by atoms with Crippen molar-refractivity contribution >= 4 is 31.9 Å². The van der Waals surface area contributed by atoms with Gasteiger partial charge in [0, 0.05) is 12.1 Å². The fourth-order valence-electron chi connectivity index (χ4n) is 0.797. The van der Waals surface area contributed by atoms with Gasteiger partial charge in [-0.05, 0) is 6.07 Å². The van der Waals surface area contributed by atoms with Gasteiger partial charge in [0.2, 0.25) is 0 Å². The molecule has 1 aromatic rings. The fourth-order valence-corrected chi connectivity index (χ4v) is 1.90. The summed E-state index contributed by atoms with van der Waals surface area (Å²) in [6.45, 7) is 0. The van der Waals surface area contributed by atoms with Gasteiger partial charge >= 0.3 is 29.6 Å². The van der Waals surface area contributed by atoms with Gasteiger partial charge in [0.15, 0.2) is 0 Å². The molecule has 0 saturated carbocycles. The number of hydrogen-bond acceptors (Lipinski definition) is 4. The van der Waals surface area contributed by atoms with Gasteiger partial charge in [-0.25, -0.2) is 24.6 Å². The Balaban J connectivity index is 0.00000196. The first-order valence-electron chi connectivity index (χ1n) is 3.30. The van der Waals surface area contributed by atoms with Crippen LogP contribution in [-0.2, 0) is 10.0 Å². The van der Waals surface area contributed by atoms with E-state index < -0.39 is 14.9 Å². The molecule has 0 unspecified atom stereocenters. The Labute approximate surface area is 117 Å². The summed E-state index contributed by atoms with van der Waals surface area (Å²) in [6.07, 6.45) is 0. The first-order chi connectivity index (χ1) is 6.47. The van der Waals surface area contributed by atoms with E-state index in [-0.39, 0.29) is 40.1 Å². The molecular weight excluding hydrogens is 299 g/mol. The Bertz CT molecular complexity index is 464. The van der Waals surface area contributed by atoms with Crippen LogP contribution in [0.4, 0.5) is 5.69 Å². The zero-order chi connectivity index (χ0) is 10.8. The number of nitro groups is 1. The van der Waals surface area contributed by atoms with Gasteiger partial charge in [0.1, 0.15) is 10.0 Å². The van der Waals surface area contributed by atoms with E-state index in [2.05, 4.69) is 19.9 Å². The number of hydrogen-bond donors (Lipinski definition) is 0. The third-order valence-electron chi connectivity index (χ3n) is 1.42. The summed E-state index contributed by atoms with van der Waals surface area (Å²) < 4.78 is 25.2. The van der Waals surface area contributed by atoms with E-state index in [9.17, 15) is 18.5 Å². The molecule has 0 amide bonds. The van der Waals surface area contributed by atoms with Crippen molar-refractivity contribution in [2.24, 2.45) is 0 Å². The number of nitro benzene ring substituents is 1. The van der Waals surface area contributed by atoms with Crippen molar-refractivity contribution in [3.05, 3.63) is 38.1 Å². The van der Waals surface area contributed by atoms with Gasteiger partial charge in [0.05, 0.1) is 9.82 Å². The molecular formula is C6H4BrN2NaO4S. The normalized spacial score (nSPS) is 10.5. The largest absolute Gasteiger partial charge is 1.00 e. The van der Waals surface area contributed by atoms with E-state index in [1.54, 1.807) is 0 Å². The number of rotatable bonds is 3. The minimum absolute atomic E-state index is 0. The second-order valence-electron chi connectivity index (χ2n) is 2.30. The molecule has 0 aliphatic heterocycles. The number of nitrogens with zero attached hydrogens (tertiary/aromatic N) is 2. The Morgan fingerprint density at radius 1 is 1.40 bits per heavy atom. The molecule has 0 N–H and O–H groups in total. The topological polar surface area (TPSA) is 91.4 Å². The Hall–Kier alpha value is 0.01000. The molecule has 1 rings (SSSR count). The van der Waals surface area contributed by atoms with Crippen LogP contribution in [0.3, 0.4) is 0 Å². The van der Waals surface area contributed by atoms with Crippen molar-refractivity contribution in [3.63, 3.8) is 0 Å². The average molecular weight is 303 g/mol. The molecule has 0 spiro atoms. The number of halogens is 1. The van der Waals surface area contributed by atoms with Crippen LogP contribution >= 0.6 is 16.1 Å². The smallest absolute Gasteiger partial charge is 0.480 e. The number of sulfonamides is 1. The van der Waals surface area contributed by atoms with Gasteiger partial charge in [0.25, 0.3) is 5.69 Å². The molecule has 9 heteroatoms. The summed E-state index contributed by atoms with van der Waals surface area (Å²) in [7, 11) is -3.82. The van der Waals surface area contributed by atoms with Crippen LogP contribution < -0.4 is 29.6 Å². The summed E-state index contributed by atoms with van der Waals surface area (Å²) in [5, 5.41) is 10.3. The zero-order valence-corrected chi connectivity index (χ0v) is 12.0. The predicted molar refractivity (Wildman–Crippen MR) is 52.6 cm³/mol. The summed E-state index contributed by atoms with van der Waals surface area (Å²) in [6, 6.07) is 4.66. The summed E-state index contributed by atoms with van der Waals surface area (Å²) in [4.78, 5) is 9.44. The molecule has 0 aromatic heterocycles. The summed E-state index contributed by atoms with van der Waals surface area (Å²) in [5.41, 5.74) is -0.290. The molecule has 0 heterocycles. The molecule has 0 radical (unpaired) electrons. The minimum atomic E-state index is -3.82. The monoisotopic (exact) mass is 302 g/mol. The van der Waals surface area contributed by atoms with Crippen molar-refractivity contribution < 1.29 is 42.9 Å². The predicted octanol–water partition coefficient (Wildman–Crippen LogP) is -1.03. The SMILES string of the molecule is O=[N+]([O-])c1cccc(S(=O)(=O)[N-]Br)c1.[Na+]. The van der Waals surface area contributed by atoms with E-state index in [0.717, 1.165) is 6.07 Å². The third-order valence-corrected chi connectivity index (χ3v) is 3.59. The quantitative estimate of drug-likeness (QED) is 0.405. The second kappa shape index (κ2) is 5.92. The van der Waals surface area contributed by atoms with Crippen LogP contribution in [-0.4, -0.2) is 13.3 Å². The van der Waals surface area contributed by atoms with Gasteiger partial charge in [-0.3, -0.25) is 10.1 Å². The Morgan fingerprint density at radius 2 is 2.00 bits per heavy atom. The van der Waals surface area contributed by atoms with Gasteiger partial charge in [-0.15, -0.1) is 0 Å². The van der Waals surface area contributed by atoms with E-state index in [0.29, 0.717) is 0 Å². The summed E-state index contributed by atoms with van der Waals surface area (Å²) >= 11 is 2.44. The molecule has 1 aromatic carbocycles. The Morgan fingerprint density at radius 3 is 2.47 bits per heavy atom. The molecule has 0 fully saturated rings. The molecule has 0 saturated heterocycles. The van der Waals surface area contributed by atoms with Crippen LogP contribution in [0.15, 0.2) is 29.2 Å². The maximum atomic E-state index is 11.1. The van der Waals surface area contributed by atoms with Gasteiger partial charge in [-0.1, -0.05) is 6.07 Å². The zero-order valence-electron chi connectivity index (χ0n) is 7.62. The van der Waals surface area contributed by atoms with Crippen molar-refractivity contribution in [2.45, 2.75) is 4.90 Å². The van der Waals surface area contributed by atoms with Crippen molar-refractivity contribution in [1.82, 2.24) is 0 Å². The van der Waals surface area contributed by atoms with Crippen LogP contribution in [0, 0.1) is 10.1 Å². The Kier molecular flexibility index (Phi) is 5.93. The van der Waals surface area contributed by atoms with E-state index >= 15 is 0 Å². The first kappa shape index (κ1) is 15.0. The molecule has 0 aliphatic rings. The van der Waals surface area contributed by atoms with Crippen LogP contribution in [0.25, 0.3) is 3.75 Å². The third kappa shape index (κ3) is 3.82. The van der Waals surface area contributed by atoms with Crippen LogP contribution in [0.1, 0.15) is 0 Å². The maximum absolute atomic E-state index is 11.1. The molecule has 0 atom stereocenters. The molecule has 76 valence electrons. The summed E-state index contributed by atoms with van der Waals surface area (Å²) in [5.74, 6) is 0. The van der Waals surface area contributed by atoms with E-state index in [4.69, 9.17) is 0 Å². The molecule has 6 nitrogen and oxygen atoms in total. The van der Waals surface area contributed by atoms with Crippen LogP contribution in [0.5, 0.6) is 0 Å². The minimum Gasteiger partial charge on any atom is -0.480 e. The van der Waals surface area contributed by atoms with Gasteiger partial charge < -0.3 is 3.75 Å². The number of benzene rings is 1. The van der Waals surface area contributed by atoms with Crippen molar-refractivity contribution in [2.75, 3.05) is 0 Å². The first-order valence-corrected chi connectivity index (χ1v) is 5.45. The fraction of sp³-hybridized carbons (Fsp3) is 0. The molecule has 15 heavy (non-hydrogen) atoms. The average Bonchev–Trinajstić information content (AvgIpc) is 2.18. The molecule has 0 bridgehead atoms. The standard InChI is InChI=1S/C6H4BrN2O4S.Na/c7-8-14(12,13)6-3-1-2-5(4-6)9(10)11;/h1-4H;/q-1;+1. The second-order valence-corrected chi connectivity index (χ2v) is 4.73. The van der Waals surface area contributed by atoms with E-state index in [1.807, 2.05) is 0 Å². The molecule has 0 aliphatic carbocycles.